The van der Waals surface area contributed by atoms with Crippen LogP contribution in [0.25, 0.3) is 0 Å². The molecule has 1 rings (SSSR count). The number of hydrogen-bond donors (Lipinski definition) is 1. The molecule has 76 valence electrons. The van der Waals surface area contributed by atoms with Crippen molar-refractivity contribution in [3.05, 3.63) is 39.9 Å². The molecule has 0 saturated heterocycles. The second kappa shape index (κ2) is 4.19. The molecule has 1 aromatic carbocycles. The van der Waals surface area contributed by atoms with Crippen molar-refractivity contribution in [1.29, 1.82) is 5.26 Å². The fourth-order valence-electron chi connectivity index (χ4n) is 1.06. The van der Waals surface area contributed by atoms with E-state index in [1.165, 1.54) is 24.3 Å². The molecule has 0 aliphatic carbocycles. The van der Waals surface area contributed by atoms with Gasteiger partial charge in [-0.2, -0.15) is 5.26 Å². The van der Waals surface area contributed by atoms with Crippen LogP contribution in [0.3, 0.4) is 0 Å². The fourth-order valence-corrected chi connectivity index (χ4v) is 1.06. The maximum absolute atomic E-state index is 10.6. The molecule has 0 bridgehead atoms. The van der Waals surface area contributed by atoms with Gasteiger partial charge in [-0.25, -0.2) is 0 Å². The third-order valence-corrected chi connectivity index (χ3v) is 1.81. The van der Waals surface area contributed by atoms with Crippen LogP contribution in [0.5, 0.6) is 0 Å². The standard InChI is InChI=1S/C9H6N2O4/c10-5-8(9(12)13)6-1-3-7(4-2-6)11(14)15/h1-4,8H,(H,12,13)/t8-/m0/s1. The van der Waals surface area contributed by atoms with Gasteiger partial charge in [0.05, 0.1) is 11.0 Å². The summed E-state index contributed by atoms with van der Waals surface area (Å²) in [6, 6.07) is 6.46. The lowest BCUT2D eigenvalue weighted by molar-refractivity contribution is -0.384. The molecule has 1 aromatic rings. The SMILES string of the molecule is N#C[C@H](C(=O)O)c1ccc([N+](=O)[O-])cc1. The maximum atomic E-state index is 10.6. The topological polar surface area (TPSA) is 104 Å². The van der Waals surface area contributed by atoms with Crippen LogP contribution in [-0.4, -0.2) is 16.0 Å². The Bertz CT molecular complexity index is 432. The Morgan fingerprint density at radius 2 is 2.00 bits per heavy atom. The predicted octanol–water partition coefficient (Wildman–Crippen LogP) is 1.29. The van der Waals surface area contributed by atoms with Crippen LogP contribution in [0, 0.1) is 21.4 Å². The highest BCUT2D eigenvalue weighted by Crippen LogP contribution is 2.19. The molecule has 0 aliphatic heterocycles. The van der Waals surface area contributed by atoms with Gasteiger partial charge in [0.25, 0.3) is 5.69 Å². The average Bonchev–Trinajstić information content (AvgIpc) is 2.19. The van der Waals surface area contributed by atoms with Gasteiger partial charge in [0.15, 0.2) is 5.92 Å². The first-order chi connectivity index (χ1) is 7.06. The van der Waals surface area contributed by atoms with Crippen molar-refractivity contribution < 1.29 is 14.8 Å². The summed E-state index contributed by atoms with van der Waals surface area (Å²) in [5.74, 6) is -2.56. The highest BCUT2D eigenvalue weighted by molar-refractivity contribution is 5.79. The molecule has 6 heteroatoms. The van der Waals surface area contributed by atoms with Crippen molar-refractivity contribution >= 4 is 11.7 Å². The smallest absolute Gasteiger partial charge is 0.325 e. The molecular weight excluding hydrogens is 200 g/mol. The highest BCUT2D eigenvalue weighted by Gasteiger charge is 2.19. The number of rotatable bonds is 3. The second-order valence-corrected chi connectivity index (χ2v) is 2.75. The van der Waals surface area contributed by atoms with Crippen LogP contribution in [0.4, 0.5) is 5.69 Å². The lowest BCUT2D eigenvalue weighted by atomic mass is 10.0. The second-order valence-electron chi connectivity index (χ2n) is 2.75. The minimum absolute atomic E-state index is 0.138. The Hall–Kier alpha value is -2.42. The number of non-ortho nitro benzene ring substituents is 1. The molecule has 0 spiro atoms. The molecule has 0 unspecified atom stereocenters. The van der Waals surface area contributed by atoms with Crippen LogP contribution >= 0.6 is 0 Å². The summed E-state index contributed by atoms with van der Waals surface area (Å²) in [5.41, 5.74) is 0.0939. The molecule has 0 heterocycles. The number of carboxylic acids is 1. The zero-order chi connectivity index (χ0) is 11.4. The molecular formula is C9H6N2O4. The number of hydrogen-bond acceptors (Lipinski definition) is 4. The Kier molecular flexibility index (Phi) is 2.98. The number of aliphatic carboxylic acids is 1. The van der Waals surface area contributed by atoms with Gasteiger partial charge in [-0.1, -0.05) is 12.1 Å². The molecule has 0 radical (unpaired) electrons. The van der Waals surface area contributed by atoms with Gasteiger partial charge in [-0.3, -0.25) is 14.9 Å². The van der Waals surface area contributed by atoms with Crippen molar-refractivity contribution in [2.45, 2.75) is 5.92 Å². The van der Waals surface area contributed by atoms with Gasteiger partial charge in [-0.05, 0) is 5.56 Å². The van der Waals surface area contributed by atoms with E-state index in [1.54, 1.807) is 6.07 Å². The van der Waals surface area contributed by atoms with Crippen LogP contribution in [-0.2, 0) is 4.79 Å². The van der Waals surface area contributed by atoms with E-state index in [1.807, 2.05) is 0 Å². The quantitative estimate of drug-likeness (QED) is 0.592. The minimum Gasteiger partial charge on any atom is -0.480 e. The molecule has 1 N–H and O–H groups in total. The van der Waals surface area contributed by atoms with E-state index in [0.29, 0.717) is 0 Å². The van der Waals surface area contributed by atoms with Crippen LogP contribution in [0.2, 0.25) is 0 Å². The van der Waals surface area contributed by atoms with Gasteiger partial charge in [0.1, 0.15) is 0 Å². The first-order valence-corrected chi connectivity index (χ1v) is 3.93. The van der Waals surface area contributed by atoms with Gasteiger partial charge < -0.3 is 5.11 Å². The maximum Gasteiger partial charge on any atom is 0.325 e. The lowest BCUT2D eigenvalue weighted by Gasteiger charge is -2.02. The number of nitro benzene ring substituents is 1. The van der Waals surface area contributed by atoms with Crippen molar-refractivity contribution in [3.8, 4) is 6.07 Å². The first kappa shape index (κ1) is 10.7. The molecule has 0 amide bonds. The summed E-state index contributed by atoms with van der Waals surface area (Å²) in [6.45, 7) is 0. The Morgan fingerprint density at radius 1 is 1.47 bits per heavy atom. The number of carboxylic acid groups (broad SMARTS) is 1. The third kappa shape index (κ3) is 2.28. The van der Waals surface area contributed by atoms with Gasteiger partial charge >= 0.3 is 5.97 Å². The van der Waals surface area contributed by atoms with Gasteiger partial charge in [0, 0.05) is 12.1 Å². The number of nitrogens with zero attached hydrogens (tertiary/aromatic N) is 2. The number of benzene rings is 1. The summed E-state index contributed by atoms with van der Waals surface area (Å²) < 4.78 is 0. The summed E-state index contributed by atoms with van der Waals surface area (Å²) in [5, 5.41) is 27.5. The number of nitro groups is 1. The van der Waals surface area contributed by atoms with Crippen molar-refractivity contribution in [2.75, 3.05) is 0 Å². The molecule has 6 nitrogen and oxygen atoms in total. The van der Waals surface area contributed by atoms with E-state index in [2.05, 4.69) is 0 Å². The average molecular weight is 206 g/mol. The van der Waals surface area contributed by atoms with Gasteiger partial charge in [-0.15, -0.1) is 0 Å². The molecule has 0 aliphatic rings. The van der Waals surface area contributed by atoms with Crippen LogP contribution in [0.1, 0.15) is 11.5 Å². The zero-order valence-corrected chi connectivity index (χ0v) is 7.45. The molecule has 0 fully saturated rings. The number of carbonyl (C=O) groups is 1. The number of nitriles is 1. The molecule has 1 atom stereocenters. The van der Waals surface area contributed by atoms with E-state index in [9.17, 15) is 14.9 Å². The van der Waals surface area contributed by atoms with Crippen LogP contribution < -0.4 is 0 Å². The van der Waals surface area contributed by atoms with E-state index >= 15 is 0 Å². The summed E-state index contributed by atoms with van der Waals surface area (Å²) in [6.07, 6.45) is 0. The zero-order valence-electron chi connectivity index (χ0n) is 7.45. The summed E-state index contributed by atoms with van der Waals surface area (Å²) in [7, 11) is 0. The lowest BCUT2D eigenvalue weighted by Crippen LogP contribution is -2.09. The highest BCUT2D eigenvalue weighted by atomic mass is 16.6. The van der Waals surface area contributed by atoms with Crippen molar-refractivity contribution in [3.63, 3.8) is 0 Å². The van der Waals surface area contributed by atoms with E-state index in [-0.39, 0.29) is 11.3 Å². The van der Waals surface area contributed by atoms with Crippen molar-refractivity contribution in [2.24, 2.45) is 0 Å². The molecule has 0 saturated carbocycles. The van der Waals surface area contributed by atoms with E-state index < -0.39 is 16.8 Å². The van der Waals surface area contributed by atoms with Crippen molar-refractivity contribution in [1.82, 2.24) is 0 Å². The van der Waals surface area contributed by atoms with Gasteiger partial charge in [0.2, 0.25) is 0 Å². The summed E-state index contributed by atoms with van der Waals surface area (Å²) in [4.78, 5) is 20.3. The predicted molar refractivity (Wildman–Crippen MR) is 49.1 cm³/mol. The fraction of sp³-hybridized carbons (Fsp3) is 0.111. The normalized spacial score (nSPS) is 11.4. The Balaban J connectivity index is 3.03. The van der Waals surface area contributed by atoms with E-state index in [0.717, 1.165) is 0 Å². The Morgan fingerprint density at radius 3 is 2.33 bits per heavy atom. The first-order valence-electron chi connectivity index (χ1n) is 3.93. The largest absolute Gasteiger partial charge is 0.480 e. The Labute approximate surface area is 84.5 Å². The minimum atomic E-state index is -1.29. The molecule has 0 aromatic heterocycles. The third-order valence-electron chi connectivity index (χ3n) is 1.81. The van der Waals surface area contributed by atoms with Crippen LogP contribution in [0.15, 0.2) is 24.3 Å². The van der Waals surface area contributed by atoms with E-state index in [4.69, 9.17) is 10.4 Å². The monoisotopic (exact) mass is 206 g/mol. The summed E-state index contributed by atoms with van der Waals surface area (Å²) >= 11 is 0. The molecule has 15 heavy (non-hydrogen) atoms.